The zero-order chi connectivity index (χ0) is 15.2. The first-order chi connectivity index (χ1) is 9.89. The van der Waals surface area contributed by atoms with Crippen LogP contribution in [0.2, 0.25) is 5.02 Å². The lowest BCUT2D eigenvalue weighted by molar-refractivity contribution is 0.589. The Kier molecular flexibility index (Phi) is 3.19. The van der Waals surface area contributed by atoms with E-state index in [9.17, 15) is 8.42 Å². The van der Waals surface area contributed by atoms with Gasteiger partial charge in [0.2, 0.25) is 0 Å². The van der Waals surface area contributed by atoms with Crippen molar-refractivity contribution >= 4 is 38.2 Å². The fourth-order valence-corrected chi connectivity index (χ4v) is 3.85. The number of aromatic nitrogens is 1. The molecule has 2 aromatic carbocycles. The lowest BCUT2D eigenvalue weighted by atomic mass is 10.2. The van der Waals surface area contributed by atoms with Gasteiger partial charge in [0.25, 0.3) is 10.0 Å². The highest BCUT2D eigenvalue weighted by atomic mass is 35.5. The molecule has 3 aromatic rings. The van der Waals surface area contributed by atoms with E-state index < -0.39 is 10.0 Å². The second-order valence-electron chi connectivity index (χ2n) is 4.87. The molecule has 4 nitrogen and oxygen atoms in total. The molecule has 3 rings (SSSR count). The van der Waals surface area contributed by atoms with Crippen molar-refractivity contribution in [3.8, 4) is 0 Å². The van der Waals surface area contributed by atoms with Crippen molar-refractivity contribution in [1.29, 1.82) is 0 Å². The average Bonchev–Trinajstić information content (AvgIpc) is 2.83. The highest BCUT2D eigenvalue weighted by molar-refractivity contribution is 7.90. The summed E-state index contributed by atoms with van der Waals surface area (Å²) in [5.74, 6) is 0. The van der Waals surface area contributed by atoms with Crippen LogP contribution in [-0.4, -0.2) is 12.4 Å². The van der Waals surface area contributed by atoms with Gasteiger partial charge in [-0.3, -0.25) is 0 Å². The minimum Gasteiger partial charge on any atom is -0.399 e. The number of anilines is 1. The predicted molar refractivity (Wildman–Crippen MR) is 85.1 cm³/mol. The summed E-state index contributed by atoms with van der Waals surface area (Å²) in [6.45, 7) is 1.90. The summed E-state index contributed by atoms with van der Waals surface area (Å²) in [7, 11) is -3.67. The van der Waals surface area contributed by atoms with Gasteiger partial charge in [0.05, 0.1) is 15.4 Å². The first-order valence-corrected chi connectivity index (χ1v) is 8.10. The van der Waals surface area contributed by atoms with Crippen LogP contribution in [-0.2, 0) is 10.0 Å². The minimum atomic E-state index is -3.67. The third-order valence-corrected chi connectivity index (χ3v) is 5.34. The van der Waals surface area contributed by atoms with Gasteiger partial charge in [0.1, 0.15) is 0 Å². The molecule has 0 aliphatic heterocycles. The van der Waals surface area contributed by atoms with E-state index in [1.165, 1.54) is 10.2 Å². The Morgan fingerprint density at radius 2 is 1.76 bits per heavy atom. The Hall–Kier alpha value is -1.98. The number of halogens is 1. The molecule has 1 aromatic heterocycles. The normalized spacial score (nSPS) is 11.9. The molecule has 0 aliphatic carbocycles. The number of hydrogen-bond acceptors (Lipinski definition) is 3. The number of nitrogens with two attached hydrogens (primary N) is 1. The number of fused-ring (bicyclic) bond motifs is 1. The Bertz CT molecular complexity index is 928. The number of nitrogens with zero attached hydrogens (tertiary/aromatic N) is 1. The SMILES string of the molecule is Cc1ccc(S(=O)(=O)n2ccc3c(Cl)cc(N)cc32)cc1. The quantitative estimate of drug-likeness (QED) is 0.736. The number of nitrogen functional groups attached to an aromatic ring is 1. The molecule has 21 heavy (non-hydrogen) atoms. The fraction of sp³-hybridized carbons (Fsp3) is 0.0667. The number of aryl methyl sites for hydroxylation is 1. The van der Waals surface area contributed by atoms with E-state index >= 15 is 0 Å². The van der Waals surface area contributed by atoms with Gasteiger partial charge in [-0.2, -0.15) is 0 Å². The first kappa shape index (κ1) is 14.0. The Labute approximate surface area is 127 Å². The smallest absolute Gasteiger partial charge is 0.268 e. The van der Waals surface area contributed by atoms with E-state index in [0.29, 0.717) is 21.6 Å². The molecule has 6 heteroatoms. The van der Waals surface area contributed by atoms with Crippen LogP contribution in [0.3, 0.4) is 0 Å². The van der Waals surface area contributed by atoms with E-state index in [1.54, 1.807) is 42.5 Å². The van der Waals surface area contributed by atoms with Crippen LogP contribution in [0.5, 0.6) is 0 Å². The van der Waals surface area contributed by atoms with Crippen molar-refractivity contribution in [1.82, 2.24) is 3.97 Å². The second-order valence-corrected chi connectivity index (χ2v) is 7.09. The molecule has 1 heterocycles. The van der Waals surface area contributed by atoms with Crippen molar-refractivity contribution in [2.75, 3.05) is 5.73 Å². The standard InChI is InChI=1S/C15H13ClN2O2S/c1-10-2-4-12(5-3-10)21(19,20)18-7-6-13-14(16)8-11(17)9-15(13)18/h2-9H,17H2,1H3. The topological polar surface area (TPSA) is 65.1 Å². The Balaban J connectivity index is 2.27. The van der Waals surface area contributed by atoms with Crippen LogP contribution < -0.4 is 5.73 Å². The highest BCUT2D eigenvalue weighted by Crippen LogP contribution is 2.30. The molecule has 0 atom stereocenters. The van der Waals surface area contributed by atoms with E-state index in [1.807, 2.05) is 6.92 Å². The summed E-state index contributed by atoms with van der Waals surface area (Å²) >= 11 is 6.10. The Morgan fingerprint density at radius 3 is 2.43 bits per heavy atom. The van der Waals surface area contributed by atoms with Crippen molar-refractivity contribution < 1.29 is 8.42 Å². The van der Waals surface area contributed by atoms with Gasteiger partial charge in [-0.25, -0.2) is 12.4 Å². The molecule has 0 saturated heterocycles. The van der Waals surface area contributed by atoms with Gasteiger partial charge in [-0.15, -0.1) is 0 Å². The molecule has 0 amide bonds. The largest absolute Gasteiger partial charge is 0.399 e. The van der Waals surface area contributed by atoms with Gasteiger partial charge in [0.15, 0.2) is 0 Å². The number of rotatable bonds is 2. The zero-order valence-corrected chi connectivity index (χ0v) is 12.8. The predicted octanol–water partition coefficient (Wildman–Crippen LogP) is 3.42. The zero-order valence-electron chi connectivity index (χ0n) is 11.2. The van der Waals surface area contributed by atoms with Crippen LogP contribution in [0.4, 0.5) is 5.69 Å². The maximum atomic E-state index is 12.7. The molecule has 0 radical (unpaired) electrons. The van der Waals surface area contributed by atoms with Gasteiger partial charge >= 0.3 is 0 Å². The molecule has 108 valence electrons. The van der Waals surface area contributed by atoms with Gasteiger partial charge in [-0.05, 0) is 37.3 Å². The van der Waals surface area contributed by atoms with Crippen LogP contribution in [0, 0.1) is 6.92 Å². The summed E-state index contributed by atoms with van der Waals surface area (Å²) < 4.78 is 26.6. The van der Waals surface area contributed by atoms with E-state index in [2.05, 4.69) is 0 Å². The first-order valence-electron chi connectivity index (χ1n) is 6.28. The summed E-state index contributed by atoms with van der Waals surface area (Å²) in [6, 6.07) is 11.6. The lowest BCUT2D eigenvalue weighted by Gasteiger charge is -2.08. The molecular formula is C15H13ClN2O2S. The molecular weight excluding hydrogens is 308 g/mol. The maximum absolute atomic E-state index is 12.7. The molecule has 0 bridgehead atoms. The fourth-order valence-electron chi connectivity index (χ4n) is 2.23. The molecule has 0 fully saturated rings. The van der Waals surface area contributed by atoms with Crippen molar-refractivity contribution in [2.24, 2.45) is 0 Å². The highest BCUT2D eigenvalue weighted by Gasteiger charge is 2.19. The van der Waals surface area contributed by atoms with Gasteiger partial charge in [0, 0.05) is 17.3 Å². The van der Waals surface area contributed by atoms with E-state index in [0.717, 1.165) is 5.56 Å². The van der Waals surface area contributed by atoms with E-state index in [-0.39, 0.29) is 4.90 Å². The average molecular weight is 321 g/mol. The van der Waals surface area contributed by atoms with Crippen LogP contribution in [0.1, 0.15) is 5.56 Å². The lowest BCUT2D eigenvalue weighted by Crippen LogP contribution is -2.11. The number of hydrogen-bond donors (Lipinski definition) is 1. The molecule has 2 N–H and O–H groups in total. The molecule has 0 spiro atoms. The van der Waals surface area contributed by atoms with E-state index in [4.69, 9.17) is 17.3 Å². The number of benzene rings is 2. The summed E-state index contributed by atoms with van der Waals surface area (Å²) in [4.78, 5) is 0.226. The van der Waals surface area contributed by atoms with Crippen LogP contribution >= 0.6 is 11.6 Å². The van der Waals surface area contributed by atoms with Crippen molar-refractivity contribution in [3.05, 3.63) is 59.2 Å². The monoisotopic (exact) mass is 320 g/mol. The maximum Gasteiger partial charge on any atom is 0.268 e. The van der Waals surface area contributed by atoms with Crippen LogP contribution in [0.25, 0.3) is 10.9 Å². The third kappa shape index (κ3) is 2.28. The Morgan fingerprint density at radius 1 is 1.10 bits per heavy atom. The summed E-state index contributed by atoms with van der Waals surface area (Å²) in [6.07, 6.45) is 1.49. The molecule has 0 saturated carbocycles. The second kappa shape index (κ2) is 4.79. The van der Waals surface area contributed by atoms with Gasteiger partial charge < -0.3 is 5.73 Å². The van der Waals surface area contributed by atoms with Crippen molar-refractivity contribution in [3.63, 3.8) is 0 Å². The molecule has 0 unspecified atom stereocenters. The summed E-state index contributed by atoms with van der Waals surface area (Å²) in [5.41, 5.74) is 7.66. The van der Waals surface area contributed by atoms with Crippen LogP contribution in [0.15, 0.2) is 53.6 Å². The minimum absolute atomic E-state index is 0.226. The summed E-state index contributed by atoms with van der Waals surface area (Å²) in [5, 5.41) is 1.09. The molecule has 0 aliphatic rings. The third-order valence-electron chi connectivity index (χ3n) is 3.32. The van der Waals surface area contributed by atoms with Crippen molar-refractivity contribution in [2.45, 2.75) is 11.8 Å². The van der Waals surface area contributed by atoms with Gasteiger partial charge in [-0.1, -0.05) is 29.3 Å².